The van der Waals surface area contributed by atoms with Gasteiger partial charge in [0.15, 0.2) is 0 Å². The second-order valence-electron chi connectivity index (χ2n) is 3.59. The van der Waals surface area contributed by atoms with Crippen LogP contribution in [0.5, 0.6) is 0 Å². The first-order valence-corrected chi connectivity index (χ1v) is 6.86. The summed E-state index contributed by atoms with van der Waals surface area (Å²) in [6.07, 6.45) is -0.600. The number of rotatable bonds is 2. The van der Waals surface area contributed by atoms with Crippen LogP contribution in [0.3, 0.4) is 0 Å². The van der Waals surface area contributed by atoms with Gasteiger partial charge >= 0.3 is 0 Å². The molecule has 1 aromatic heterocycles. The van der Waals surface area contributed by atoms with Crippen molar-refractivity contribution in [2.24, 2.45) is 0 Å². The van der Waals surface area contributed by atoms with Gasteiger partial charge in [-0.15, -0.1) is 0 Å². The van der Waals surface area contributed by atoms with Crippen LogP contribution in [0.1, 0.15) is 22.8 Å². The Bertz CT molecular complexity index is 509. The number of hydrogen-bond donors (Lipinski definition) is 1. The highest BCUT2D eigenvalue weighted by molar-refractivity contribution is 9.10. The average Bonchev–Trinajstić information content (AvgIpc) is 2.67. The van der Waals surface area contributed by atoms with Gasteiger partial charge in [-0.2, -0.15) is 11.3 Å². The Kier molecular flexibility index (Phi) is 3.70. The van der Waals surface area contributed by atoms with Gasteiger partial charge in [0.25, 0.3) is 0 Å². The minimum Gasteiger partial charge on any atom is -0.384 e. The van der Waals surface area contributed by atoms with E-state index in [2.05, 4.69) is 15.9 Å². The maximum absolute atomic E-state index is 10.2. The van der Waals surface area contributed by atoms with Gasteiger partial charge in [-0.3, -0.25) is 0 Å². The highest BCUT2D eigenvalue weighted by Crippen LogP contribution is 2.32. The van der Waals surface area contributed by atoms with Crippen molar-refractivity contribution in [3.05, 3.63) is 55.1 Å². The molecule has 1 atom stereocenters. The first-order chi connectivity index (χ1) is 7.59. The highest BCUT2D eigenvalue weighted by Gasteiger charge is 2.14. The van der Waals surface area contributed by atoms with Crippen LogP contribution >= 0.6 is 38.9 Å². The number of aryl methyl sites for hydroxylation is 1. The summed E-state index contributed by atoms with van der Waals surface area (Å²) in [5.41, 5.74) is 2.73. The summed E-state index contributed by atoms with van der Waals surface area (Å²) in [5, 5.41) is 14.8. The maximum atomic E-state index is 10.2. The molecule has 0 radical (unpaired) electrons. The molecule has 2 rings (SSSR count). The summed E-state index contributed by atoms with van der Waals surface area (Å²) in [6, 6.07) is 5.58. The molecule has 1 aromatic carbocycles. The van der Waals surface area contributed by atoms with Crippen molar-refractivity contribution in [2.75, 3.05) is 0 Å². The number of hydrogen-bond acceptors (Lipinski definition) is 2. The van der Waals surface area contributed by atoms with E-state index in [4.69, 9.17) is 11.6 Å². The minimum atomic E-state index is -0.600. The molecule has 1 unspecified atom stereocenters. The van der Waals surface area contributed by atoms with Gasteiger partial charge in [-0.25, -0.2) is 0 Å². The molecule has 84 valence electrons. The van der Waals surface area contributed by atoms with E-state index < -0.39 is 6.10 Å². The van der Waals surface area contributed by atoms with E-state index in [9.17, 15) is 5.11 Å². The van der Waals surface area contributed by atoms with Crippen molar-refractivity contribution in [2.45, 2.75) is 13.0 Å². The van der Waals surface area contributed by atoms with E-state index in [-0.39, 0.29) is 0 Å². The van der Waals surface area contributed by atoms with Gasteiger partial charge in [0.2, 0.25) is 0 Å². The van der Waals surface area contributed by atoms with E-state index >= 15 is 0 Å². The zero-order valence-corrected chi connectivity index (χ0v) is 11.7. The lowest BCUT2D eigenvalue weighted by Crippen LogP contribution is -1.99. The van der Waals surface area contributed by atoms with E-state index in [1.165, 1.54) is 0 Å². The van der Waals surface area contributed by atoms with Crippen LogP contribution in [-0.4, -0.2) is 5.11 Å². The van der Waals surface area contributed by atoms with Crippen LogP contribution in [0.25, 0.3) is 0 Å². The van der Waals surface area contributed by atoms with E-state index in [1.807, 2.05) is 35.9 Å². The predicted molar refractivity (Wildman–Crippen MR) is 72.3 cm³/mol. The Hall–Kier alpha value is -0.350. The zero-order chi connectivity index (χ0) is 11.7. The Morgan fingerprint density at radius 1 is 1.38 bits per heavy atom. The first kappa shape index (κ1) is 12.1. The largest absolute Gasteiger partial charge is 0.384 e. The van der Waals surface area contributed by atoms with Gasteiger partial charge in [0.05, 0.1) is 0 Å². The lowest BCUT2D eigenvalue weighted by molar-refractivity contribution is 0.220. The fourth-order valence-corrected chi connectivity index (χ4v) is 3.15. The lowest BCUT2D eigenvalue weighted by Gasteiger charge is -2.11. The SMILES string of the molecule is Cc1cc(C(O)c2cscc2Br)ccc1Cl. The second kappa shape index (κ2) is 4.88. The molecule has 0 aliphatic carbocycles. The molecule has 16 heavy (non-hydrogen) atoms. The molecule has 1 heterocycles. The van der Waals surface area contributed by atoms with Crippen molar-refractivity contribution in [3.8, 4) is 0 Å². The van der Waals surface area contributed by atoms with Crippen LogP contribution < -0.4 is 0 Å². The molecule has 4 heteroatoms. The van der Waals surface area contributed by atoms with E-state index in [1.54, 1.807) is 11.3 Å². The van der Waals surface area contributed by atoms with Gasteiger partial charge in [-0.1, -0.05) is 23.7 Å². The Balaban J connectivity index is 2.38. The van der Waals surface area contributed by atoms with Crippen LogP contribution in [0.4, 0.5) is 0 Å². The highest BCUT2D eigenvalue weighted by atomic mass is 79.9. The molecule has 2 aromatic rings. The third kappa shape index (κ3) is 2.33. The molecule has 0 amide bonds. The normalized spacial score (nSPS) is 12.8. The number of aliphatic hydroxyl groups excluding tert-OH is 1. The number of aliphatic hydroxyl groups is 1. The molecule has 1 N–H and O–H groups in total. The summed E-state index contributed by atoms with van der Waals surface area (Å²) >= 11 is 10.9. The van der Waals surface area contributed by atoms with Crippen LogP contribution in [-0.2, 0) is 0 Å². The fraction of sp³-hybridized carbons (Fsp3) is 0.167. The van der Waals surface area contributed by atoms with Crippen LogP contribution in [0, 0.1) is 6.92 Å². The zero-order valence-electron chi connectivity index (χ0n) is 8.58. The molecular weight excluding hydrogens is 308 g/mol. The monoisotopic (exact) mass is 316 g/mol. The second-order valence-corrected chi connectivity index (χ2v) is 5.59. The van der Waals surface area contributed by atoms with Gasteiger partial charge < -0.3 is 5.11 Å². The van der Waals surface area contributed by atoms with E-state index in [0.717, 1.165) is 26.2 Å². The van der Waals surface area contributed by atoms with Gasteiger partial charge in [-0.05, 0) is 45.4 Å². The van der Waals surface area contributed by atoms with Crippen molar-refractivity contribution < 1.29 is 5.11 Å². The summed E-state index contributed by atoms with van der Waals surface area (Å²) in [5.74, 6) is 0. The molecule has 0 spiro atoms. The standard InChI is InChI=1S/C12H10BrClOS/c1-7-4-8(2-3-11(7)14)12(15)9-5-16-6-10(9)13/h2-6,12,15H,1H3. The van der Waals surface area contributed by atoms with Crippen molar-refractivity contribution >= 4 is 38.9 Å². The van der Waals surface area contributed by atoms with Gasteiger partial charge in [0.1, 0.15) is 6.10 Å². The summed E-state index contributed by atoms with van der Waals surface area (Å²) in [7, 11) is 0. The topological polar surface area (TPSA) is 20.2 Å². The Morgan fingerprint density at radius 3 is 2.69 bits per heavy atom. The van der Waals surface area contributed by atoms with Crippen molar-refractivity contribution in [1.82, 2.24) is 0 Å². The summed E-state index contributed by atoms with van der Waals surface area (Å²) in [4.78, 5) is 0. The first-order valence-electron chi connectivity index (χ1n) is 4.75. The Labute approximate surface area is 112 Å². The maximum Gasteiger partial charge on any atom is 0.106 e. The molecule has 1 nitrogen and oxygen atoms in total. The van der Waals surface area contributed by atoms with E-state index in [0.29, 0.717) is 0 Å². The molecule has 0 aliphatic heterocycles. The fourth-order valence-electron chi connectivity index (χ4n) is 1.50. The van der Waals surface area contributed by atoms with Crippen molar-refractivity contribution in [1.29, 1.82) is 0 Å². The molecule has 0 saturated carbocycles. The summed E-state index contributed by atoms with van der Waals surface area (Å²) < 4.78 is 0.942. The third-order valence-electron chi connectivity index (χ3n) is 2.43. The molecule has 0 saturated heterocycles. The third-order valence-corrected chi connectivity index (χ3v) is 4.61. The number of benzene rings is 1. The Morgan fingerprint density at radius 2 is 2.12 bits per heavy atom. The molecule has 0 aliphatic rings. The minimum absolute atomic E-state index is 0.600. The molecular formula is C12H10BrClOS. The predicted octanol–water partition coefficient (Wildman–Crippen LogP) is 4.55. The molecule has 0 bridgehead atoms. The van der Waals surface area contributed by atoms with Crippen LogP contribution in [0.2, 0.25) is 5.02 Å². The number of halogens is 2. The quantitative estimate of drug-likeness (QED) is 0.861. The average molecular weight is 318 g/mol. The number of thiophene rings is 1. The van der Waals surface area contributed by atoms with Crippen molar-refractivity contribution in [3.63, 3.8) is 0 Å². The lowest BCUT2D eigenvalue weighted by atomic mass is 10.0. The van der Waals surface area contributed by atoms with Crippen LogP contribution in [0.15, 0.2) is 33.4 Å². The van der Waals surface area contributed by atoms with Gasteiger partial charge in [0, 0.05) is 20.4 Å². The molecule has 0 fully saturated rings. The smallest absolute Gasteiger partial charge is 0.106 e. The summed E-state index contributed by atoms with van der Waals surface area (Å²) in [6.45, 7) is 1.93.